The number of carbonyl (C=O) groups excluding carboxylic acids is 1. The molecule has 1 fully saturated rings. The fraction of sp³-hybridized carbons (Fsp3) is 0.400. The van der Waals surface area contributed by atoms with Crippen molar-refractivity contribution in [2.75, 3.05) is 18.4 Å². The first-order chi connectivity index (χ1) is 12.2. The molecule has 0 radical (unpaired) electrons. The van der Waals surface area contributed by atoms with Crippen LogP contribution < -0.4 is 15.4 Å². The highest BCUT2D eigenvalue weighted by Gasteiger charge is 2.22. The first-order valence-corrected chi connectivity index (χ1v) is 8.90. The maximum absolute atomic E-state index is 12.5. The number of nitrogens with one attached hydrogen (secondary N) is 2. The minimum Gasteiger partial charge on any atom is -0.455 e. The minimum atomic E-state index is 0.00369. The van der Waals surface area contributed by atoms with Crippen LogP contribution in [-0.4, -0.2) is 24.0 Å². The molecule has 2 N–H and O–H groups in total. The molecular formula is C20H25N3O2. The first-order valence-electron chi connectivity index (χ1n) is 8.90. The van der Waals surface area contributed by atoms with Gasteiger partial charge in [0.2, 0.25) is 5.91 Å². The van der Waals surface area contributed by atoms with Crippen molar-refractivity contribution in [2.24, 2.45) is 11.8 Å². The normalized spacial score (nSPS) is 18.4. The SMILES string of the molecule is CC(CC(=O)Nc1cnccc1Oc1ccccc1)C1CCCNC1. The number of amides is 1. The van der Waals surface area contributed by atoms with E-state index < -0.39 is 0 Å². The van der Waals surface area contributed by atoms with E-state index in [0.717, 1.165) is 18.8 Å². The summed E-state index contributed by atoms with van der Waals surface area (Å²) in [4.78, 5) is 16.6. The summed E-state index contributed by atoms with van der Waals surface area (Å²) in [6.07, 6.45) is 6.17. The minimum absolute atomic E-state index is 0.00369. The van der Waals surface area contributed by atoms with Gasteiger partial charge in [-0.3, -0.25) is 9.78 Å². The lowest BCUT2D eigenvalue weighted by atomic mass is 9.85. The van der Waals surface area contributed by atoms with Crippen LogP contribution in [0.1, 0.15) is 26.2 Å². The molecule has 2 aromatic rings. The summed E-state index contributed by atoms with van der Waals surface area (Å²) in [5.74, 6) is 2.24. The molecule has 25 heavy (non-hydrogen) atoms. The van der Waals surface area contributed by atoms with Gasteiger partial charge in [0.25, 0.3) is 0 Å². The molecule has 5 nitrogen and oxygen atoms in total. The highest BCUT2D eigenvalue weighted by atomic mass is 16.5. The van der Waals surface area contributed by atoms with Crippen molar-refractivity contribution in [3.05, 3.63) is 48.8 Å². The zero-order chi connectivity index (χ0) is 17.5. The van der Waals surface area contributed by atoms with Crippen LogP contribution in [0.3, 0.4) is 0 Å². The van der Waals surface area contributed by atoms with Gasteiger partial charge < -0.3 is 15.4 Å². The van der Waals surface area contributed by atoms with Crippen LogP contribution in [0.5, 0.6) is 11.5 Å². The molecule has 132 valence electrons. The van der Waals surface area contributed by atoms with Gasteiger partial charge in [-0.1, -0.05) is 25.1 Å². The smallest absolute Gasteiger partial charge is 0.224 e. The predicted molar refractivity (Wildman–Crippen MR) is 98.8 cm³/mol. The van der Waals surface area contributed by atoms with Gasteiger partial charge in [-0.2, -0.15) is 0 Å². The van der Waals surface area contributed by atoms with Gasteiger partial charge in [0, 0.05) is 18.7 Å². The van der Waals surface area contributed by atoms with Gasteiger partial charge in [-0.05, 0) is 49.9 Å². The number of pyridine rings is 1. The molecule has 1 amide bonds. The molecular weight excluding hydrogens is 314 g/mol. The number of hydrogen-bond acceptors (Lipinski definition) is 4. The molecule has 0 spiro atoms. The molecule has 1 aromatic carbocycles. The molecule has 0 bridgehead atoms. The molecule has 2 unspecified atom stereocenters. The van der Waals surface area contributed by atoms with Gasteiger partial charge >= 0.3 is 0 Å². The molecule has 0 saturated carbocycles. The summed E-state index contributed by atoms with van der Waals surface area (Å²) in [5.41, 5.74) is 0.602. The van der Waals surface area contributed by atoms with E-state index in [1.807, 2.05) is 30.3 Å². The van der Waals surface area contributed by atoms with E-state index in [4.69, 9.17) is 4.74 Å². The number of nitrogens with zero attached hydrogens (tertiary/aromatic N) is 1. The largest absolute Gasteiger partial charge is 0.455 e. The Balaban J connectivity index is 1.61. The van der Waals surface area contributed by atoms with E-state index in [2.05, 4.69) is 22.5 Å². The summed E-state index contributed by atoms with van der Waals surface area (Å²) in [6, 6.07) is 11.3. The highest BCUT2D eigenvalue weighted by molar-refractivity contribution is 5.92. The Morgan fingerprint density at radius 3 is 2.96 bits per heavy atom. The second kappa shape index (κ2) is 8.62. The molecule has 2 atom stereocenters. The van der Waals surface area contributed by atoms with Gasteiger partial charge in [0.15, 0.2) is 5.75 Å². The quantitative estimate of drug-likeness (QED) is 0.839. The van der Waals surface area contributed by atoms with Crippen molar-refractivity contribution in [3.63, 3.8) is 0 Å². The Kier molecular flexibility index (Phi) is 6.01. The van der Waals surface area contributed by atoms with Crippen molar-refractivity contribution >= 4 is 11.6 Å². The summed E-state index contributed by atoms with van der Waals surface area (Å²) in [5, 5.41) is 6.37. The van der Waals surface area contributed by atoms with Gasteiger partial charge in [-0.25, -0.2) is 0 Å². The molecule has 2 heterocycles. The molecule has 1 aliphatic heterocycles. The van der Waals surface area contributed by atoms with Gasteiger partial charge in [0.05, 0.1) is 6.20 Å². The number of rotatable bonds is 6. The van der Waals surface area contributed by atoms with Crippen LogP contribution in [-0.2, 0) is 4.79 Å². The Morgan fingerprint density at radius 2 is 2.20 bits per heavy atom. The van der Waals surface area contributed by atoms with E-state index in [-0.39, 0.29) is 5.91 Å². The zero-order valence-electron chi connectivity index (χ0n) is 14.6. The van der Waals surface area contributed by atoms with Crippen LogP contribution in [0.4, 0.5) is 5.69 Å². The maximum Gasteiger partial charge on any atom is 0.224 e. The number of aromatic nitrogens is 1. The van der Waals surface area contributed by atoms with E-state index in [0.29, 0.717) is 29.7 Å². The van der Waals surface area contributed by atoms with Crippen LogP contribution in [0.25, 0.3) is 0 Å². The predicted octanol–water partition coefficient (Wildman–Crippen LogP) is 3.84. The lowest BCUT2D eigenvalue weighted by Crippen LogP contribution is -2.34. The monoisotopic (exact) mass is 339 g/mol. The molecule has 0 aliphatic carbocycles. The van der Waals surface area contributed by atoms with Crippen LogP contribution in [0.15, 0.2) is 48.8 Å². The first kappa shape index (κ1) is 17.4. The second-order valence-electron chi connectivity index (χ2n) is 6.62. The van der Waals surface area contributed by atoms with Crippen LogP contribution in [0.2, 0.25) is 0 Å². The second-order valence-corrected chi connectivity index (χ2v) is 6.62. The number of carbonyl (C=O) groups is 1. The fourth-order valence-corrected chi connectivity index (χ4v) is 3.20. The van der Waals surface area contributed by atoms with Crippen molar-refractivity contribution in [3.8, 4) is 11.5 Å². The number of para-hydroxylation sites is 1. The van der Waals surface area contributed by atoms with E-state index >= 15 is 0 Å². The lowest BCUT2D eigenvalue weighted by Gasteiger charge is -2.28. The summed E-state index contributed by atoms with van der Waals surface area (Å²) in [6.45, 7) is 4.25. The third-order valence-corrected chi connectivity index (χ3v) is 4.67. The summed E-state index contributed by atoms with van der Waals surface area (Å²) >= 11 is 0. The summed E-state index contributed by atoms with van der Waals surface area (Å²) < 4.78 is 5.87. The molecule has 3 rings (SSSR count). The lowest BCUT2D eigenvalue weighted by molar-refractivity contribution is -0.117. The number of anilines is 1. The Hall–Kier alpha value is -2.40. The average Bonchev–Trinajstić information content (AvgIpc) is 2.65. The van der Waals surface area contributed by atoms with Crippen molar-refractivity contribution in [1.29, 1.82) is 0 Å². The molecule has 1 saturated heterocycles. The summed E-state index contributed by atoms with van der Waals surface area (Å²) in [7, 11) is 0. The number of piperidine rings is 1. The Morgan fingerprint density at radius 1 is 1.36 bits per heavy atom. The number of hydrogen-bond donors (Lipinski definition) is 2. The van der Waals surface area contributed by atoms with Gasteiger partial charge in [0.1, 0.15) is 11.4 Å². The Labute approximate surface area is 148 Å². The van der Waals surface area contributed by atoms with Crippen LogP contribution in [0, 0.1) is 11.8 Å². The van der Waals surface area contributed by atoms with Crippen molar-refractivity contribution < 1.29 is 9.53 Å². The molecule has 1 aromatic heterocycles. The molecule has 5 heteroatoms. The van der Waals surface area contributed by atoms with Crippen LogP contribution >= 0.6 is 0 Å². The Bertz CT molecular complexity index is 684. The highest BCUT2D eigenvalue weighted by Crippen LogP contribution is 2.29. The zero-order valence-corrected chi connectivity index (χ0v) is 14.6. The van der Waals surface area contributed by atoms with E-state index in [1.165, 1.54) is 12.8 Å². The average molecular weight is 339 g/mol. The van der Waals surface area contributed by atoms with E-state index in [1.54, 1.807) is 18.5 Å². The van der Waals surface area contributed by atoms with Crippen molar-refractivity contribution in [1.82, 2.24) is 10.3 Å². The maximum atomic E-state index is 12.5. The standard InChI is InChI=1S/C20H25N3O2/c1-15(16-6-5-10-21-13-16)12-20(24)23-18-14-22-11-9-19(18)25-17-7-3-2-4-8-17/h2-4,7-9,11,14-16,21H,5-6,10,12-13H2,1H3,(H,23,24). The van der Waals surface area contributed by atoms with Crippen molar-refractivity contribution in [2.45, 2.75) is 26.2 Å². The van der Waals surface area contributed by atoms with E-state index in [9.17, 15) is 4.79 Å². The number of ether oxygens (including phenoxy) is 1. The number of benzene rings is 1. The fourth-order valence-electron chi connectivity index (χ4n) is 3.20. The third kappa shape index (κ3) is 5.03. The van der Waals surface area contributed by atoms with Gasteiger partial charge in [-0.15, -0.1) is 0 Å². The molecule has 1 aliphatic rings. The third-order valence-electron chi connectivity index (χ3n) is 4.67. The topological polar surface area (TPSA) is 63.2 Å².